The summed E-state index contributed by atoms with van der Waals surface area (Å²) in [5.74, 6) is 1.18. The first kappa shape index (κ1) is 23.3. The van der Waals surface area contributed by atoms with Crippen LogP contribution in [0.25, 0.3) is 0 Å². The number of benzene rings is 3. The Morgan fingerprint density at radius 3 is 2.57 bits per heavy atom. The van der Waals surface area contributed by atoms with E-state index in [1.165, 1.54) is 5.56 Å². The Hall–Kier alpha value is -3.40. The number of para-hydroxylation sites is 1. The number of carbonyl (C=O) groups is 1. The van der Waals surface area contributed by atoms with Gasteiger partial charge in [0, 0.05) is 28.6 Å². The number of carbonyl (C=O) groups excluding carboxylic acids is 1. The van der Waals surface area contributed by atoms with Crippen molar-refractivity contribution in [1.29, 1.82) is 5.26 Å². The number of aryl methyl sites for hydroxylation is 1. The minimum Gasteiger partial charge on any atom is -0.489 e. The maximum Gasteiger partial charge on any atom is 0.229 e. The third-order valence-corrected chi connectivity index (χ3v) is 7.91. The van der Waals surface area contributed by atoms with Crippen LogP contribution in [0.15, 0.2) is 83.4 Å². The lowest BCUT2D eigenvalue weighted by Crippen LogP contribution is -2.47. The molecule has 1 amide bonds. The van der Waals surface area contributed by atoms with Crippen molar-refractivity contribution in [1.82, 2.24) is 4.90 Å². The van der Waals surface area contributed by atoms with Crippen molar-refractivity contribution in [2.75, 3.05) is 17.4 Å². The van der Waals surface area contributed by atoms with Crippen LogP contribution in [0.5, 0.6) is 5.75 Å². The van der Waals surface area contributed by atoms with Crippen LogP contribution >= 0.6 is 23.4 Å². The number of hydrogen-bond acceptors (Lipinski definition) is 5. The molecule has 1 saturated heterocycles. The number of halogens is 1. The third-order valence-electron chi connectivity index (χ3n) is 6.38. The summed E-state index contributed by atoms with van der Waals surface area (Å²) in [6, 6.07) is 25.8. The lowest BCUT2D eigenvalue weighted by molar-refractivity contribution is -0.129. The molecule has 0 bridgehead atoms. The Morgan fingerprint density at radius 1 is 1.09 bits per heavy atom. The van der Waals surface area contributed by atoms with Crippen LogP contribution in [-0.2, 0) is 11.4 Å². The molecule has 3 aromatic rings. The quantitative estimate of drug-likeness (QED) is 0.402. The first-order valence-electron chi connectivity index (χ1n) is 11.4. The van der Waals surface area contributed by atoms with Crippen molar-refractivity contribution in [3.63, 3.8) is 0 Å². The van der Waals surface area contributed by atoms with Crippen LogP contribution < -0.4 is 9.64 Å². The first-order chi connectivity index (χ1) is 17.0. The molecule has 176 valence electrons. The smallest absolute Gasteiger partial charge is 0.229 e. The highest BCUT2D eigenvalue weighted by molar-refractivity contribution is 8.03. The zero-order valence-corrected chi connectivity index (χ0v) is 20.9. The predicted molar refractivity (Wildman–Crippen MR) is 140 cm³/mol. The summed E-state index contributed by atoms with van der Waals surface area (Å²) in [7, 11) is 0. The highest BCUT2D eigenvalue weighted by atomic mass is 35.5. The summed E-state index contributed by atoms with van der Waals surface area (Å²) < 4.78 is 5.89. The standard InChI is InChI=1S/C28H24ClN3O2S/c1-19-6-2-5-9-26(19)31-17-32-27(33)14-23(24(15-30)28(32)35-18-31)20-10-12-22(13-11-20)34-16-21-7-3-4-8-25(21)29/h2-13,23H,14,16-18H2,1H3/t23-/m0/s1. The Bertz CT molecular complexity index is 1330. The van der Waals surface area contributed by atoms with E-state index in [2.05, 4.69) is 30.0 Å². The molecule has 0 N–H and O–H groups in total. The Balaban J connectivity index is 1.34. The van der Waals surface area contributed by atoms with Gasteiger partial charge in [-0.3, -0.25) is 9.69 Å². The molecule has 7 heteroatoms. The molecule has 0 aromatic heterocycles. The maximum absolute atomic E-state index is 13.2. The van der Waals surface area contributed by atoms with Gasteiger partial charge in [-0.15, -0.1) is 0 Å². The number of ether oxygens (including phenoxy) is 1. The van der Waals surface area contributed by atoms with Crippen LogP contribution in [0.2, 0.25) is 5.02 Å². The molecule has 35 heavy (non-hydrogen) atoms. The van der Waals surface area contributed by atoms with Crippen molar-refractivity contribution in [2.45, 2.75) is 25.9 Å². The topological polar surface area (TPSA) is 56.6 Å². The summed E-state index contributed by atoms with van der Waals surface area (Å²) in [6.45, 7) is 2.90. The van der Waals surface area contributed by atoms with E-state index in [9.17, 15) is 10.1 Å². The maximum atomic E-state index is 13.2. The van der Waals surface area contributed by atoms with Gasteiger partial charge >= 0.3 is 0 Å². The first-order valence-corrected chi connectivity index (χ1v) is 12.8. The van der Waals surface area contributed by atoms with Gasteiger partial charge in [0.05, 0.1) is 29.2 Å². The second-order valence-corrected chi connectivity index (χ2v) is 9.94. The van der Waals surface area contributed by atoms with Crippen LogP contribution in [0, 0.1) is 18.3 Å². The van der Waals surface area contributed by atoms with Crippen molar-refractivity contribution >= 4 is 35.0 Å². The second-order valence-electron chi connectivity index (χ2n) is 8.60. The summed E-state index contributed by atoms with van der Waals surface area (Å²) in [4.78, 5) is 17.1. The number of anilines is 1. The second kappa shape index (κ2) is 10.1. The van der Waals surface area contributed by atoms with Crippen LogP contribution in [0.3, 0.4) is 0 Å². The van der Waals surface area contributed by atoms with E-state index >= 15 is 0 Å². The van der Waals surface area contributed by atoms with Gasteiger partial charge in [0.2, 0.25) is 5.91 Å². The van der Waals surface area contributed by atoms with Gasteiger partial charge in [0.25, 0.3) is 0 Å². The van der Waals surface area contributed by atoms with Gasteiger partial charge < -0.3 is 9.64 Å². The van der Waals surface area contributed by atoms with E-state index in [0.717, 1.165) is 21.8 Å². The molecule has 1 atom stereocenters. The molecule has 0 saturated carbocycles. The molecule has 0 spiro atoms. The van der Waals surface area contributed by atoms with E-state index in [1.807, 2.05) is 60.7 Å². The fourth-order valence-electron chi connectivity index (χ4n) is 4.49. The molecular formula is C28H24ClN3O2S. The van der Waals surface area contributed by atoms with Crippen molar-refractivity contribution in [3.8, 4) is 11.8 Å². The highest BCUT2D eigenvalue weighted by Crippen LogP contribution is 2.43. The molecule has 1 fully saturated rings. The van der Waals surface area contributed by atoms with Crippen molar-refractivity contribution in [2.24, 2.45) is 0 Å². The number of amides is 1. The Labute approximate surface area is 214 Å². The lowest BCUT2D eigenvalue weighted by atomic mass is 9.86. The van der Waals surface area contributed by atoms with Crippen LogP contribution in [0.4, 0.5) is 5.69 Å². The van der Waals surface area contributed by atoms with Crippen molar-refractivity contribution in [3.05, 3.63) is 105 Å². The zero-order valence-electron chi connectivity index (χ0n) is 19.3. The number of fused-ring (bicyclic) bond motifs is 1. The number of rotatable bonds is 5. The molecule has 0 unspecified atom stereocenters. The van der Waals surface area contributed by atoms with E-state index in [-0.39, 0.29) is 18.2 Å². The number of nitrogens with zero attached hydrogens (tertiary/aromatic N) is 3. The molecule has 0 radical (unpaired) electrons. The third kappa shape index (κ3) is 4.75. The van der Waals surface area contributed by atoms with E-state index < -0.39 is 0 Å². The Morgan fingerprint density at radius 2 is 1.83 bits per heavy atom. The Kier molecular flexibility index (Phi) is 6.72. The minimum atomic E-state index is -0.256. The monoisotopic (exact) mass is 501 g/mol. The average molecular weight is 502 g/mol. The van der Waals surface area contributed by atoms with Crippen LogP contribution in [-0.4, -0.2) is 23.4 Å². The summed E-state index contributed by atoms with van der Waals surface area (Å²) in [5.41, 5.74) is 4.79. The van der Waals surface area contributed by atoms with Gasteiger partial charge in [-0.1, -0.05) is 71.9 Å². The van der Waals surface area contributed by atoms with E-state index in [1.54, 1.807) is 16.7 Å². The number of allylic oxidation sites excluding steroid dienone is 1. The fraction of sp³-hybridized carbons (Fsp3) is 0.214. The lowest BCUT2D eigenvalue weighted by Gasteiger charge is -2.42. The largest absolute Gasteiger partial charge is 0.489 e. The molecule has 2 aliphatic heterocycles. The summed E-state index contributed by atoms with van der Waals surface area (Å²) in [6.07, 6.45) is 0.272. The molecule has 0 aliphatic carbocycles. The molecule has 3 aromatic carbocycles. The van der Waals surface area contributed by atoms with Gasteiger partial charge in [-0.25, -0.2) is 0 Å². The molecule has 5 nitrogen and oxygen atoms in total. The molecular weight excluding hydrogens is 478 g/mol. The molecule has 2 heterocycles. The zero-order chi connectivity index (χ0) is 24.4. The van der Waals surface area contributed by atoms with E-state index in [4.69, 9.17) is 16.3 Å². The summed E-state index contributed by atoms with van der Waals surface area (Å²) in [5, 5.41) is 11.5. The molecule has 5 rings (SSSR count). The fourth-order valence-corrected chi connectivity index (χ4v) is 5.84. The predicted octanol–water partition coefficient (Wildman–Crippen LogP) is 6.45. The molecule has 2 aliphatic rings. The summed E-state index contributed by atoms with van der Waals surface area (Å²) >= 11 is 7.77. The normalized spacial score (nSPS) is 17.7. The number of hydrogen-bond donors (Lipinski definition) is 0. The minimum absolute atomic E-state index is 0.0360. The van der Waals surface area contributed by atoms with Gasteiger partial charge in [0.15, 0.2) is 0 Å². The van der Waals surface area contributed by atoms with Gasteiger partial charge in [0.1, 0.15) is 12.4 Å². The van der Waals surface area contributed by atoms with Gasteiger partial charge in [-0.2, -0.15) is 5.26 Å². The number of nitriles is 1. The van der Waals surface area contributed by atoms with Crippen LogP contribution in [0.1, 0.15) is 29.0 Å². The SMILES string of the molecule is Cc1ccccc1N1CSC2=C(C#N)[C@H](c3ccc(OCc4ccccc4Cl)cc3)CC(=O)N2C1. The average Bonchev–Trinajstić information content (AvgIpc) is 2.89. The van der Waals surface area contributed by atoms with E-state index in [0.29, 0.717) is 35.5 Å². The van der Waals surface area contributed by atoms with Gasteiger partial charge in [-0.05, 0) is 42.3 Å². The number of thioether (sulfide) groups is 1. The highest BCUT2D eigenvalue weighted by Gasteiger charge is 2.38. The van der Waals surface area contributed by atoms with Crippen molar-refractivity contribution < 1.29 is 9.53 Å².